The van der Waals surface area contributed by atoms with Crippen molar-refractivity contribution in [2.24, 2.45) is 0 Å². The monoisotopic (exact) mass is 664 g/mol. The van der Waals surface area contributed by atoms with Gasteiger partial charge in [-0.1, -0.05) is 41.9 Å². The molecule has 4 amide bonds. The summed E-state index contributed by atoms with van der Waals surface area (Å²) in [5, 5.41) is 3.77. The first-order valence-corrected chi connectivity index (χ1v) is 17.6. The topological polar surface area (TPSA) is 88.7 Å². The molecule has 1 atom stereocenters. The van der Waals surface area contributed by atoms with Gasteiger partial charge in [0, 0.05) is 88.1 Å². The fourth-order valence-electron chi connectivity index (χ4n) is 7.68. The van der Waals surface area contributed by atoms with Crippen LogP contribution in [0.2, 0.25) is 5.02 Å². The first-order valence-electron chi connectivity index (χ1n) is 17.2. The molecular formula is C36H49ClN6O4. The molecule has 10 nitrogen and oxygen atoms in total. The number of hydrogen-bond acceptors (Lipinski definition) is 6. The number of anilines is 1. The predicted octanol–water partition coefficient (Wildman–Crippen LogP) is 4.80. The quantitative estimate of drug-likeness (QED) is 0.478. The number of aryl methyl sites for hydroxylation is 2. The van der Waals surface area contributed by atoms with E-state index in [1.54, 1.807) is 4.90 Å². The first-order chi connectivity index (χ1) is 22.7. The van der Waals surface area contributed by atoms with Crippen LogP contribution in [-0.4, -0.2) is 127 Å². The van der Waals surface area contributed by atoms with E-state index in [1.807, 2.05) is 54.0 Å². The maximum atomic E-state index is 14.0. The number of piperidine rings is 2. The maximum absolute atomic E-state index is 14.0. The van der Waals surface area contributed by atoms with Crippen LogP contribution in [0.4, 0.5) is 15.3 Å². The van der Waals surface area contributed by atoms with Gasteiger partial charge in [-0.3, -0.25) is 9.69 Å². The van der Waals surface area contributed by atoms with Crippen molar-refractivity contribution in [2.75, 3.05) is 71.3 Å². The van der Waals surface area contributed by atoms with E-state index in [1.165, 1.54) is 0 Å². The fraction of sp³-hybridized carbons (Fsp3) is 0.583. The van der Waals surface area contributed by atoms with E-state index >= 15 is 0 Å². The Kier molecular flexibility index (Phi) is 10.6. The summed E-state index contributed by atoms with van der Waals surface area (Å²) in [7, 11) is 2.17. The van der Waals surface area contributed by atoms with Crippen molar-refractivity contribution >= 4 is 35.3 Å². The minimum Gasteiger partial charge on any atom is -0.436 e. The van der Waals surface area contributed by atoms with E-state index in [0.717, 1.165) is 73.4 Å². The minimum atomic E-state index is -0.921. The van der Waals surface area contributed by atoms with E-state index in [9.17, 15) is 14.4 Å². The Hall–Kier alpha value is -3.34. The van der Waals surface area contributed by atoms with Crippen molar-refractivity contribution in [3.05, 3.63) is 63.7 Å². The van der Waals surface area contributed by atoms with Gasteiger partial charge in [0.15, 0.2) is 6.10 Å². The van der Waals surface area contributed by atoms with Gasteiger partial charge in [-0.25, -0.2) is 9.59 Å². The normalized spacial score (nSPS) is 21.2. The molecule has 0 saturated carbocycles. The van der Waals surface area contributed by atoms with Crippen molar-refractivity contribution in [1.82, 2.24) is 24.5 Å². The largest absolute Gasteiger partial charge is 0.436 e. The summed E-state index contributed by atoms with van der Waals surface area (Å²) < 4.78 is 6.09. The zero-order chi connectivity index (χ0) is 33.1. The van der Waals surface area contributed by atoms with E-state index in [2.05, 4.69) is 28.2 Å². The van der Waals surface area contributed by atoms with Crippen molar-refractivity contribution in [2.45, 2.75) is 70.6 Å². The lowest BCUT2D eigenvalue weighted by Crippen LogP contribution is -2.54. The highest BCUT2D eigenvalue weighted by Gasteiger charge is 2.36. The smallest absolute Gasteiger partial charge is 0.410 e. The first kappa shape index (κ1) is 33.6. The number of hydrogen-bond donors (Lipinski definition) is 1. The lowest BCUT2D eigenvalue weighted by Gasteiger charge is -2.42. The zero-order valence-electron chi connectivity index (χ0n) is 28.0. The van der Waals surface area contributed by atoms with Gasteiger partial charge >= 0.3 is 12.1 Å². The van der Waals surface area contributed by atoms with Crippen LogP contribution < -0.4 is 5.32 Å². The molecule has 0 aliphatic carbocycles. The SMILES string of the molecule is Cc1cc(C[C@@H](OC(=O)N2CCC(N3CCc4ccccc4NC3=O)CC2)C(=O)N2CCC(N3CCN(C)CC3)CC2)cc(C)c1Cl. The third kappa shape index (κ3) is 7.87. The molecule has 2 aromatic rings. The Morgan fingerprint density at radius 2 is 1.49 bits per heavy atom. The number of amides is 4. The molecule has 4 heterocycles. The molecule has 0 unspecified atom stereocenters. The lowest BCUT2D eigenvalue weighted by atomic mass is 9.99. The number of piperazine rings is 1. The lowest BCUT2D eigenvalue weighted by molar-refractivity contribution is -0.142. The van der Waals surface area contributed by atoms with Gasteiger partial charge in [-0.2, -0.15) is 0 Å². The number of fused-ring (bicyclic) bond motifs is 1. The molecule has 4 aliphatic heterocycles. The molecule has 1 N–H and O–H groups in total. The molecule has 254 valence electrons. The van der Waals surface area contributed by atoms with Gasteiger partial charge in [-0.05, 0) is 81.3 Å². The van der Waals surface area contributed by atoms with Gasteiger partial charge in [0.2, 0.25) is 0 Å². The van der Waals surface area contributed by atoms with Gasteiger partial charge < -0.3 is 29.7 Å². The van der Waals surface area contributed by atoms with Crippen LogP contribution in [0, 0.1) is 13.8 Å². The average Bonchev–Trinajstić information content (AvgIpc) is 3.25. The molecule has 2 aromatic carbocycles. The Labute approximate surface area is 283 Å². The number of likely N-dealkylation sites (N-methyl/N-ethyl adjacent to an activating group) is 1. The van der Waals surface area contributed by atoms with Gasteiger partial charge in [0.1, 0.15) is 0 Å². The number of urea groups is 1. The Morgan fingerprint density at radius 3 is 2.17 bits per heavy atom. The highest BCUT2D eigenvalue weighted by atomic mass is 35.5. The second-order valence-corrected chi connectivity index (χ2v) is 14.1. The van der Waals surface area contributed by atoms with Crippen molar-refractivity contribution in [1.29, 1.82) is 0 Å². The number of benzene rings is 2. The molecule has 0 bridgehead atoms. The summed E-state index contributed by atoms with van der Waals surface area (Å²) in [6.07, 6.45) is 2.87. The molecular weight excluding hydrogens is 616 g/mol. The summed E-state index contributed by atoms with van der Waals surface area (Å²) in [5.41, 5.74) is 4.81. The van der Waals surface area contributed by atoms with Gasteiger partial charge in [0.05, 0.1) is 0 Å². The van der Waals surface area contributed by atoms with Crippen LogP contribution >= 0.6 is 11.6 Å². The van der Waals surface area contributed by atoms with Gasteiger partial charge in [-0.15, -0.1) is 0 Å². The number of nitrogens with zero attached hydrogens (tertiary/aromatic N) is 5. The van der Waals surface area contributed by atoms with Crippen molar-refractivity contribution < 1.29 is 19.1 Å². The Bertz CT molecular complexity index is 1420. The summed E-state index contributed by atoms with van der Waals surface area (Å²) in [4.78, 5) is 51.2. The number of ether oxygens (including phenoxy) is 1. The fourth-order valence-corrected chi connectivity index (χ4v) is 7.79. The summed E-state index contributed by atoms with van der Waals surface area (Å²) in [5.74, 6) is -0.129. The number of carbonyl (C=O) groups excluding carboxylic acids is 3. The highest BCUT2D eigenvalue weighted by molar-refractivity contribution is 6.32. The molecule has 6 rings (SSSR count). The Morgan fingerprint density at radius 1 is 0.872 bits per heavy atom. The molecule has 0 radical (unpaired) electrons. The third-order valence-corrected chi connectivity index (χ3v) is 11.2. The van der Waals surface area contributed by atoms with Crippen LogP contribution in [0.3, 0.4) is 0 Å². The number of para-hydroxylation sites is 1. The number of carbonyl (C=O) groups is 3. The maximum Gasteiger partial charge on any atom is 0.410 e. The van der Waals surface area contributed by atoms with Crippen molar-refractivity contribution in [3.8, 4) is 0 Å². The summed E-state index contributed by atoms with van der Waals surface area (Å²) in [6, 6.07) is 12.3. The molecule has 3 fully saturated rings. The number of likely N-dealkylation sites (tertiary alicyclic amines) is 2. The number of rotatable bonds is 6. The molecule has 0 spiro atoms. The van der Waals surface area contributed by atoms with Crippen molar-refractivity contribution in [3.63, 3.8) is 0 Å². The predicted molar refractivity (Wildman–Crippen MR) is 184 cm³/mol. The van der Waals surface area contributed by atoms with Crippen LogP contribution in [0.1, 0.15) is 47.9 Å². The zero-order valence-corrected chi connectivity index (χ0v) is 28.8. The standard InChI is InChI=1S/C36H49ClN6O4/c1-25-22-27(23-26(2)33(25)37)24-32(34(44)41-13-9-29(10-14-41)40-20-18-39(3)19-21-40)47-36(46)42-15-11-30(12-16-42)43-17-8-28-6-4-5-7-31(28)38-35(43)45/h4-7,22-23,29-30,32H,8-21,24H2,1-3H3,(H,38,45)/t32-/m1/s1. The summed E-state index contributed by atoms with van der Waals surface area (Å²) >= 11 is 6.45. The third-order valence-electron chi connectivity index (χ3n) is 10.6. The number of nitrogens with one attached hydrogen (secondary N) is 1. The Balaban J connectivity index is 1.08. The molecule has 3 saturated heterocycles. The van der Waals surface area contributed by atoms with E-state index < -0.39 is 12.2 Å². The van der Waals surface area contributed by atoms with E-state index in [-0.39, 0.29) is 18.0 Å². The highest BCUT2D eigenvalue weighted by Crippen LogP contribution is 2.27. The number of halogens is 1. The minimum absolute atomic E-state index is 0.0346. The second-order valence-electron chi connectivity index (χ2n) is 13.8. The summed E-state index contributed by atoms with van der Waals surface area (Å²) in [6.45, 7) is 11.1. The molecule has 47 heavy (non-hydrogen) atoms. The second kappa shape index (κ2) is 14.8. The molecule has 0 aromatic heterocycles. The average molecular weight is 665 g/mol. The molecule has 11 heteroatoms. The van der Waals surface area contributed by atoms with Crippen LogP contribution in [0.5, 0.6) is 0 Å². The van der Waals surface area contributed by atoms with Crippen LogP contribution in [0.15, 0.2) is 36.4 Å². The van der Waals surface area contributed by atoms with E-state index in [4.69, 9.17) is 16.3 Å². The van der Waals surface area contributed by atoms with Crippen LogP contribution in [0.25, 0.3) is 0 Å². The molecule has 4 aliphatic rings. The van der Waals surface area contributed by atoms with Crippen LogP contribution in [-0.2, 0) is 22.4 Å². The van der Waals surface area contributed by atoms with E-state index in [0.29, 0.717) is 63.1 Å². The van der Waals surface area contributed by atoms with Gasteiger partial charge in [0.25, 0.3) is 5.91 Å².